The Morgan fingerprint density at radius 2 is 1.77 bits per heavy atom. The van der Waals surface area contributed by atoms with Gasteiger partial charge in [-0.3, -0.25) is 14.2 Å². The molecule has 1 atom stereocenters. The van der Waals surface area contributed by atoms with Crippen LogP contribution in [0.25, 0.3) is 10.9 Å². The molecule has 0 fully saturated rings. The Bertz CT molecular complexity index is 1560. The quantitative estimate of drug-likeness (QED) is 0.216. The Labute approximate surface area is 242 Å². The van der Waals surface area contributed by atoms with Gasteiger partial charge in [0.15, 0.2) is 0 Å². The number of methoxy groups -OCH3 is 1. The number of benzene rings is 3. The minimum atomic E-state index is -0.593. The third-order valence-electron chi connectivity index (χ3n) is 6.64. The number of nitrogens with one attached hydrogen (secondary N) is 1. The number of carbonyl (C=O) groups excluding carboxylic acids is 2. The van der Waals surface area contributed by atoms with Gasteiger partial charge < -0.3 is 15.0 Å². The number of amides is 2. The monoisotopic (exact) mass is 580 g/mol. The minimum Gasteiger partial charge on any atom is -0.469 e. The fraction of sp³-hybridized carbons (Fsp3) is 0.267. The first-order chi connectivity index (χ1) is 19.3. The van der Waals surface area contributed by atoms with Crippen molar-refractivity contribution in [3.8, 4) is 0 Å². The van der Waals surface area contributed by atoms with Crippen LogP contribution in [-0.2, 0) is 22.5 Å². The van der Waals surface area contributed by atoms with E-state index >= 15 is 0 Å². The van der Waals surface area contributed by atoms with Crippen LogP contribution in [0.1, 0.15) is 37.2 Å². The molecule has 208 valence electrons. The van der Waals surface area contributed by atoms with Gasteiger partial charge in [0.05, 0.1) is 41.2 Å². The van der Waals surface area contributed by atoms with Gasteiger partial charge in [-0.1, -0.05) is 72.6 Å². The predicted molar refractivity (Wildman–Crippen MR) is 158 cm³/mol. The minimum absolute atomic E-state index is 0.0174. The Balaban J connectivity index is 1.79. The van der Waals surface area contributed by atoms with Crippen molar-refractivity contribution in [2.75, 3.05) is 19.0 Å². The fourth-order valence-corrected chi connectivity index (χ4v) is 5.03. The molecule has 0 aliphatic heterocycles. The number of urea groups is 1. The zero-order valence-corrected chi connectivity index (χ0v) is 23.8. The summed E-state index contributed by atoms with van der Waals surface area (Å²) < 4.78 is 6.29. The molecule has 3 aromatic carbocycles. The third kappa shape index (κ3) is 6.81. The number of hydrogen-bond donors (Lipinski definition) is 1. The number of para-hydroxylation sites is 1. The summed E-state index contributed by atoms with van der Waals surface area (Å²) in [6, 6.07) is 20.7. The van der Waals surface area contributed by atoms with Crippen LogP contribution in [0.15, 0.2) is 77.6 Å². The number of anilines is 1. The lowest BCUT2D eigenvalue weighted by molar-refractivity contribution is -0.140. The van der Waals surface area contributed by atoms with Crippen molar-refractivity contribution >= 4 is 51.8 Å². The molecular weight excluding hydrogens is 551 g/mol. The molecule has 40 heavy (non-hydrogen) atoms. The van der Waals surface area contributed by atoms with Crippen molar-refractivity contribution in [3.63, 3.8) is 0 Å². The van der Waals surface area contributed by atoms with Crippen LogP contribution in [0.3, 0.4) is 0 Å². The van der Waals surface area contributed by atoms with Crippen molar-refractivity contribution < 1.29 is 14.3 Å². The first-order valence-corrected chi connectivity index (χ1v) is 13.7. The van der Waals surface area contributed by atoms with Crippen molar-refractivity contribution in [1.29, 1.82) is 0 Å². The van der Waals surface area contributed by atoms with E-state index in [4.69, 9.17) is 32.9 Å². The number of fused-ring (bicyclic) bond motifs is 1. The van der Waals surface area contributed by atoms with E-state index < -0.39 is 18.0 Å². The molecule has 0 aliphatic rings. The smallest absolute Gasteiger partial charge is 0.322 e. The molecule has 0 saturated carbocycles. The third-order valence-corrected chi connectivity index (χ3v) is 7.18. The molecule has 0 saturated heterocycles. The SMILES string of the molecule is CCC(c1nc2ccccc2c(=O)n1CCC(=O)OC)N(CCc1ccccc1)C(=O)Nc1ccc(Cl)cc1Cl. The number of aromatic nitrogens is 2. The normalized spacial score (nSPS) is 11.7. The zero-order chi connectivity index (χ0) is 28.6. The summed E-state index contributed by atoms with van der Waals surface area (Å²) >= 11 is 12.4. The number of hydrogen-bond acceptors (Lipinski definition) is 5. The second-order valence-corrected chi connectivity index (χ2v) is 10.0. The summed E-state index contributed by atoms with van der Waals surface area (Å²) in [6.07, 6.45) is 1.01. The van der Waals surface area contributed by atoms with Gasteiger partial charge in [-0.25, -0.2) is 9.78 Å². The summed E-state index contributed by atoms with van der Waals surface area (Å²) in [4.78, 5) is 46.0. The second kappa shape index (κ2) is 13.5. The molecule has 0 spiro atoms. The number of rotatable bonds is 10. The van der Waals surface area contributed by atoms with E-state index in [1.807, 2.05) is 37.3 Å². The average molecular weight is 582 g/mol. The van der Waals surface area contributed by atoms with Crippen molar-refractivity contribution in [2.45, 2.75) is 38.8 Å². The number of halogens is 2. The van der Waals surface area contributed by atoms with Crippen LogP contribution in [0, 0.1) is 0 Å². The molecule has 4 aromatic rings. The largest absolute Gasteiger partial charge is 0.469 e. The van der Waals surface area contributed by atoms with E-state index in [1.165, 1.54) is 11.7 Å². The van der Waals surface area contributed by atoms with Crippen LogP contribution in [-0.4, -0.2) is 40.1 Å². The number of ether oxygens (including phenoxy) is 1. The van der Waals surface area contributed by atoms with E-state index in [2.05, 4.69) is 5.32 Å². The first-order valence-electron chi connectivity index (χ1n) is 12.9. The number of nitrogens with zero attached hydrogens (tertiary/aromatic N) is 3. The van der Waals surface area contributed by atoms with Crippen LogP contribution in [0.5, 0.6) is 0 Å². The van der Waals surface area contributed by atoms with Gasteiger partial charge in [-0.2, -0.15) is 0 Å². The molecule has 2 amide bonds. The molecule has 1 N–H and O–H groups in total. The lowest BCUT2D eigenvalue weighted by Gasteiger charge is -2.32. The van der Waals surface area contributed by atoms with Crippen LogP contribution in [0.4, 0.5) is 10.5 Å². The maximum atomic E-state index is 13.9. The molecular formula is C30H30Cl2N4O4. The highest BCUT2D eigenvalue weighted by molar-refractivity contribution is 6.36. The van der Waals surface area contributed by atoms with Crippen molar-refractivity contribution in [2.24, 2.45) is 0 Å². The van der Waals surface area contributed by atoms with Gasteiger partial charge in [-0.15, -0.1) is 0 Å². The van der Waals surface area contributed by atoms with Crippen molar-refractivity contribution in [3.05, 3.63) is 105 Å². The van der Waals surface area contributed by atoms with Gasteiger partial charge in [-0.05, 0) is 48.7 Å². The van der Waals surface area contributed by atoms with Gasteiger partial charge in [0.25, 0.3) is 5.56 Å². The maximum Gasteiger partial charge on any atom is 0.322 e. The molecule has 10 heteroatoms. The van der Waals surface area contributed by atoms with E-state index in [0.717, 1.165) is 5.56 Å². The van der Waals surface area contributed by atoms with E-state index in [1.54, 1.807) is 47.4 Å². The average Bonchev–Trinajstić information content (AvgIpc) is 2.96. The first kappa shape index (κ1) is 29.1. The van der Waals surface area contributed by atoms with Crippen molar-refractivity contribution in [1.82, 2.24) is 14.5 Å². The molecule has 0 aliphatic carbocycles. The van der Waals surface area contributed by atoms with Crippen LogP contribution >= 0.6 is 23.2 Å². The summed E-state index contributed by atoms with van der Waals surface area (Å²) in [7, 11) is 1.30. The Hall–Kier alpha value is -3.88. The maximum absolute atomic E-state index is 13.9. The molecule has 0 bridgehead atoms. The zero-order valence-electron chi connectivity index (χ0n) is 22.3. The van der Waals surface area contributed by atoms with E-state index in [-0.39, 0.29) is 18.5 Å². The Morgan fingerprint density at radius 1 is 1.05 bits per heavy atom. The highest BCUT2D eigenvalue weighted by atomic mass is 35.5. The van der Waals surface area contributed by atoms with E-state index in [9.17, 15) is 14.4 Å². The lowest BCUT2D eigenvalue weighted by Crippen LogP contribution is -2.42. The molecule has 1 aromatic heterocycles. The van der Waals surface area contributed by atoms with E-state index in [0.29, 0.717) is 51.8 Å². The molecule has 1 unspecified atom stereocenters. The number of carbonyl (C=O) groups is 2. The van der Waals surface area contributed by atoms with Gasteiger partial charge in [0, 0.05) is 18.1 Å². The summed E-state index contributed by atoms with van der Waals surface area (Å²) in [5.74, 6) is -0.0596. The molecule has 0 radical (unpaired) electrons. The number of esters is 1. The lowest BCUT2D eigenvalue weighted by atomic mass is 10.1. The Morgan fingerprint density at radius 3 is 2.48 bits per heavy atom. The highest BCUT2D eigenvalue weighted by Crippen LogP contribution is 2.29. The summed E-state index contributed by atoms with van der Waals surface area (Å²) in [5.41, 5.74) is 1.69. The summed E-state index contributed by atoms with van der Waals surface area (Å²) in [6.45, 7) is 2.32. The molecule has 8 nitrogen and oxygen atoms in total. The Kier molecular flexibility index (Phi) is 9.79. The molecule has 4 rings (SSSR count). The predicted octanol–water partition coefficient (Wildman–Crippen LogP) is 6.49. The fourth-order valence-electron chi connectivity index (χ4n) is 4.57. The van der Waals surface area contributed by atoms with Gasteiger partial charge >= 0.3 is 12.0 Å². The van der Waals surface area contributed by atoms with Gasteiger partial charge in [0.2, 0.25) is 0 Å². The second-order valence-electron chi connectivity index (χ2n) is 9.18. The van der Waals surface area contributed by atoms with Crippen LogP contribution in [0.2, 0.25) is 10.0 Å². The standard InChI is InChI=1S/C30H30Cl2N4O4/c1-3-26(28-33-24-12-8-7-11-22(24)29(38)36(28)18-16-27(37)40-2)35(17-15-20-9-5-4-6-10-20)30(39)34-25-14-13-21(31)19-23(25)32/h4-14,19,26H,3,15-18H2,1-2H3,(H,34,39). The van der Waals surface area contributed by atoms with Crippen LogP contribution < -0.4 is 10.9 Å². The van der Waals surface area contributed by atoms with Gasteiger partial charge in [0.1, 0.15) is 5.82 Å². The summed E-state index contributed by atoms with van der Waals surface area (Å²) in [5, 5.41) is 4.08. The highest BCUT2D eigenvalue weighted by Gasteiger charge is 2.29. The topological polar surface area (TPSA) is 93.5 Å². The molecule has 1 heterocycles.